The van der Waals surface area contributed by atoms with E-state index in [1.165, 1.54) is 12.2 Å². The van der Waals surface area contributed by atoms with Crippen LogP contribution in [0.1, 0.15) is 5.56 Å². The Morgan fingerprint density at radius 2 is 1.56 bits per heavy atom. The molecule has 1 N–H and O–H groups in total. The first-order chi connectivity index (χ1) is 12.0. The van der Waals surface area contributed by atoms with Gasteiger partial charge < -0.3 is 5.32 Å². The van der Waals surface area contributed by atoms with Gasteiger partial charge in [0.05, 0.1) is 0 Å². The molecular weight excluding hydrogens is 340 g/mol. The minimum absolute atomic E-state index is 0.236. The van der Waals surface area contributed by atoms with E-state index in [4.69, 9.17) is 11.6 Å². The van der Waals surface area contributed by atoms with Gasteiger partial charge in [0.2, 0.25) is 5.91 Å². The molecule has 1 atom stereocenters. The van der Waals surface area contributed by atoms with Crippen LogP contribution >= 0.6 is 11.6 Å². The van der Waals surface area contributed by atoms with Crippen molar-refractivity contribution in [2.75, 3.05) is 5.32 Å². The summed E-state index contributed by atoms with van der Waals surface area (Å²) in [6.45, 7) is 0. The molecule has 0 bridgehead atoms. The quantitative estimate of drug-likeness (QED) is 0.840. The highest BCUT2D eigenvalue weighted by Gasteiger charge is 2.35. The number of amides is 3. The lowest BCUT2D eigenvalue weighted by molar-refractivity contribution is -0.143. The summed E-state index contributed by atoms with van der Waals surface area (Å²) >= 11 is 5.84. The second-order valence-corrected chi connectivity index (χ2v) is 6.02. The maximum atomic E-state index is 12.8. The molecule has 0 aliphatic carbocycles. The van der Waals surface area contributed by atoms with Crippen molar-refractivity contribution in [3.63, 3.8) is 0 Å². The maximum absolute atomic E-state index is 12.8. The first kappa shape index (κ1) is 16.9. The van der Waals surface area contributed by atoms with Gasteiger partial charge in [0.25, 0.3) is 11.8 Å². The predicted molar refractivity (Wildman–Crippen MR) is 95.0 cm³/mol. The summed E-state index contributed by atoms with van der Waals surface area (Å²) in [7, 11) is 0. The summed E-state index contributed by atoms with van der Waals surface area (Å²) in [5.74, 6) is -1.41. The maximum Gasteiger partial charge on any atom is 0.254 e. The van der Waals surface area contributed by atoms with Crippen LogP contribution in [0.2, 0.25) is 5.02 Å². The van der Waals surface area contributed by atoms with Gasteiger partial charge in [0.15, 0.2) is 0 Å². The van der Waals surface area contributed by atoms with Crippen molar-refractivity contribution < 1.29 is 14.4 Å². The molecule has 6 heteroatoms. The molecule has 1 aliphatic rings. The minimum Gasteiger partial charge on any atom is -0.324 e. The highest BCUT2D eigenvalue weighted by molar-refractivity contribution is 6.30. The molecule has 3 amide bonds. The summed E-state index contributed by atoms with van der Waals surface area (Å²) in [4.78, 5) is 37.8. The molecule has 0 aromatic heterocycles. The van der Waals surface area contributed by atoms with E-state index < -0.39 is 23.8 Å². The second kappa shape index (κ2) is 7.32. The van der Waals surface area contributed by atoms with Gasteiger partial charge in [-0.05, 0) is 29.8 Å². The molecule has 126 valence electrons. The van der Waals surface area contributed by atoms with Crippen LogP contribution < -0.4 is 5.32 Å². The monoisotopic (exact) mass is 354 g/mol. The molecule has 3 rings (SSSR count). The highest BCUT2D eigenvalue weighted by Crippen LogP contribution is 2.18. The van der Waals surface area contributed by atoms with Crippen LogP contribution in [-0.4, -0.2) is 28.7 Å². The molecule has 0 unspecified atom stereocenters. The third-order valence-corrected chi connectivity index (χ3v) is 4.09. The fraction of sp³-hybridized carbons (Fsp3) is 0.105. The third-order valence-electron chi connectivity index (χ3n) is 3.84. The number of hydrogen-bond acceptors (Lipinski definition) is 3. The van der Waals surface area contributed by atoms with Crippen molar-refractivity contribution >= 4 is 35.0 Å². The van der Waals surface area contributed by atoms with Crippen LogP contribution in [0.4, 0.5) is 5.69 Å². The number of carbonyl (C=O) groups excluding carboxylic acids is 3. The van der Waals surface area contributed by atoms with Crippen molar-refractivity contribution in [2.45, 2.75) is 12.5 Å². The van der Waals surface area contributed by atoms with E-state index in [1.54, 1.807) is 24.3 Å². The number of halogens is 1. The van der Waals surface area contributed by atoms with E-state index in [1.807, 2.05) is 30.3 Å². The number of rotatable bonds is 5. The number of nitrogens with one attached hydrogen (secondary N) is 1. The van der Waals surface area contributed by atoms with Gasteiger partial charge in [-0.15, -0.1) is 0 Å². The average molecular weight is 355 g/mol. The van der Waals surface area contributed by atoms with E-state index in [-0.39, 0.29) is 6.42 Å². The summed E-state index contributed by atoms with van der Waals surface area (Å²) in [6, 6.07) is 14.9. The predicted octanol–water partition coefficient (Wildman–Crippen LogP) is 2.81. The lowest BCUT2D eigenvalue weighted by atomic mass is 10.0. The molecule has 5 nitrogen and oxygen atoms in total. The van der Waals surface area contributed by atoms with Crippen LogP contribution in [0, 0.1) is 0 Å². The van der Waals surface area contributed by atoms with Gasteiger partial charge in [-0.25, -0.2) is 0 Å². The molecule has 0 fully saturated rings. The molecule has 1 heterocycles. The lowest BCUT2D eigenvalue weighted by Crippen LogP contribution is -2.48. The first-order valence-corrected chi connectivity index (χ1v) is 8.08. The number of nitrogens with zero attached hydrogens (tertiary/aromatic N) is 1. The molecule has 2 aromatic rings. The zero-order chi connectivity index (χ0) is 17.8. The van der Waals surface area contributed by atoms with Crippen molar-refractivity contribution in [3.05, 3.63) is 77.3 Å². The molecule has 0 spiro atoms. The fourth-order valence-corrected chi connectivity index (χ4v) is 2.74. The van der Waals surface area contributed by atoms with Gasteiger partial charge in [-0.3, -0.25) is 19.3 Å². The Morgan fingerprint density at radius 3 is 2.16 bits per heavy atom. The Hall–Kier alpha value is -2.92. The van der Waals surface area contributed by atoms with E-state index >= 15 is 0 Å². The van der Waals surface area contributed by atoms with Crippen molar-refractivity contribution in [2.24, 2.45) is 0 Å². The first-order valence-electron chi connectivity index (χ1n) is 7.70. The number of benzene rings is 2. The van der Waals surface area contributed by atoms with Crippen LogP contribution in [0.15, 0.2) is 66.7 Å². The Balaban J connectivity index is 1.84. The Morgan fingerprint density at radius 1 is 0.960 bits per heavy atom. The van der Waals surface area contributed by atoms with E-state index in [9.17, 15) is 14.4 Å². The average Bonchev–Trinajstić information content (AvgIpc) is 2.94. The second-order valence-electron chi connectivity index (χ2n) is 5.58. The van der Waals surface area contributed by atoms with Crippen LogP contribution in [0.3, 0.4) is 0 Å². The number of carbonyl (C=O) groups is 3. The van der Waals surface area contributed by atoms with Crippen molar-refractivity contribution in [1.29, 1.82) is 0 Å². The van der Waals surface area contributed by atoms with E-state index in [0.29, 0.717) is 10.7 Å². The SMILES string of the molecule is O=C(Nc1ccc(Cl)cc1)[C@H](Cc1ccccc1)N1C(=O)C=CC1=O. The van der Waals surface area contributed by atoms with Gasteiger partial charge in [0.1, 0.15) is 6.04 Å². The van der Waals surface area contributed by atoms with Gasteiger partial charge in [0, 0.05) is 29.3 Å². The third kappa shape index (κ3) is 3.95. The topological polar surface area (TPSA) is 66.5 Å². The van der Waals surface area contributed by atoms with Crippen LogP contribution in [0.5, 0.6) is 0 Å². The normalized spacial score (nSPS) is 14.7. The van der Waals surface area contributed by atoms with Gasteiger partial charge >= 0.3 is 0 Å². The zero-order valence-electron chi connectivity index (χ0n) is 13.2. The zero-order valence-corrected chi connectivity index (χ0v) is 13.9. The standard InChI is InChI=1S/C19H15ClN2O3/c20-14-6-8-15(9-7-14)21-19(25)16(12-13-4-2-1-3-5-13)22-17(23)10-11-18(22)24/h1-11,16H,12H2,(H,21,25)/t16-/m0/s1. The largest absolute Gasteiger partial charge is 0.324 e. The van der Waals surface area contributed by atoms with E-state index in [0.717, 1.165) is 10.5 Å². The number of hydrogen-bond donors (Lipinski definition) is 1. The lowest BCUT2D eigenvalue weighted by Gasteiger charge is -2.25. The van der Waals surface area contributed by atoms with Crippen LogP contribution in [0.25, 0.3) is 0 Å². The van der Waals surface area contributed by atoms with Crippen LogP contribution in [-0.2, 0) is 20.8 Å². The molecule has 2 aromatic carbocycles. The number of imide groups is 1. The molecular formula is C19H15ClN2O3. The van der Waals surface area contributed by atoms with Gasteiger partial charge in [-0.1, -0.05) is 41.9 Å². The molecule has 0 radical (unpaired) electrons. The number of anilines is 1. The Bertz CT molecular complexity index is 814. The summed E-state index contributed by atoms with van der Waals surface area (Å²) in [5, 5.41) is 3.29. The molecule has 25 heavy (non-hydrogen) atoms. The minimum atomic E-state index is -0.937. The summed E-state index contributed by atoms with van der Waals surface area (Å²) < 4.78 is 0. The molecule has 0 saturated heterocycles. The Labute approximate surface area is 149 Å². The molecule has 0 saturated carbocycles. The highest BCUT2D eigenvalue weighted by atomic mass is 35.5. The summed E-state index contributed by atoms with van der Waals surface area (Å²) in [5.41, 5.74) is 1.39. The smallest absolute Gasteiger partial charge is 0.254 e. The van der Waals surface area contributed by atoms with E-state index in [2.05, 4.69) is 5.32 Å². The molecule has 1 aliphatic heterocycles. The van der Waals surface area contributed by atoms with Crippen molar-refractivity contribution in [3.8, 4) is 0 Å². The van der Waals surface area contributed by atoms with Gasteiger partial charge in [-0.2, -0.15) is 0 Å². The fourth-order valence-electron chi connectivity index (χ4n) is 2.62. The van der Waals surface area contributed by atoms with Crippen molar-refractivity contribution in [1.82, 2.24) is 4.90 Å². The Kier molecular flexibility index (Phi) is 4.95. The summed E-state index contributed by atoms with van der Waals surface area (Å²) in [6.07, 6.45) is 2.59.